The summed E-state index contributed by atoms with van der Waals surface area (Å²) in [4.78, 5) is 19.4. The van der Waals surface area contributed by atoms with Crippen LogP contribution in [0.25, 0.3) is 10.9 Å². The summed E-state index contributed by atoms with van der Waals surface area (Å²) in [5, 5.41) is 4.97. The molecule has 0 unspecified atom stereocenters. The van der Waals surface area contributed by atoms with Crippen LogP contribution < -0.4 is 5.32 Å². The number of nitrogens with one attached hydrogen (secondary N) is 1. The summed E-state index contributed by atoms with van der Waals surface area (Å²) in [6.07, 6.45) is 9.69. The molecule has 1 amide bonds. The van der Waals surface area contributed by atoms with Crippen molar-refractivity contribution < 1.29 is 9.21 Å². The van der Waals surface area contributed by atoms with Crippen LogP contribution in [0.4, 0.5) is 5.00 Å². The number of carbonyl (C=O) groups is 1. The molecule has 0 aliphatic heterocycles. The normalized spacial score (nSPS) is 13.5. The van der Waals surface area contributed by atoms with E-state index in [0.29, 0.717) is 6.54 Å². The summed E-state index contributed by atoms with van der Waals surface area (Å²) in [6.45, 7) is 7.13. The number of allylic oxidation sites excluding steroid dienone is 1. The molecule has 5 rings (SSSR count). The maximum absolute atomic E-state index is 13.2. The smallest absolute Gasteiger partial charge is 0.255 e. The number of amides is 1. The number of aliphatic imine (C=N–C) groups is 1. The molecule has 0 atom stereocenters. The number of carbonyl (C=O) groups excluding carboxylic acids is 1. The first-order valence-electron chi connectivity index (χ1n) is 11.3. The molecule has 0 saturated carbocycles. The lowest BCUT2D eigenvalue weighted by atomic mass is 9.95. The molecular formula is C27H27N3O2S. The minimum absolute atomic E-state index is 0.0799. The van der Waals surface area contributed by atoms with E-state index in [1.807, 2.05) is 24.4 Å². The van der Waals surface area contributed by atoms with Crippen molar-refractivity contribution in [3.05, 3.63) is 88.3 Å². The van der Waals surface area contributed by atoms with Crippen LogP contribution in [0.1, 0.15) is 50.7 Å². The summed E-state index contributed by atoms with van der Waals surface area (Å²) >= 11 is 1.66. The third-order valence-corrected chi connectivity index (χ3v) is 7.49. The lowest BCUT2D eigenvalue weighted by Gasteiger charge is -2.12. The van der Waals surface area contributed by atoms with Gasteiger partial charge in [-0.3, -0.25) is 4.79 Å². The molecule has 3 aromatic heterocycles. The van der Waals surface area contributed by atoms with Gasteiger partial charge < -0.3 is 14.3 Å². The standard InChI is InChI=1S/C27H27N3O2S/c1-3-14-30-18(2)22(20-10-4-6-12-23(20)30)17-29-27-25(21-11-5-7-13-24(21)33-27)26(31)28-16-19-9-8-15-32-19/h3-4,6,8-10,12,15,17H,1,5,7,11,13-14,16H2,2H3,(H,28,31). The molecule has 0 bridgehead atoms. The van der Waals surface area contributed by atoms with Crippen molar-refractivity contribution in [3.8, 4) is 0 Å². The predicted molar refractivity (Wildman–Crippen MR) is 135 cm³/mol. The highest BCUT2D eigenvalue weighted by atomic mass is 32.1. The maximum atomic E-state index is 13.2. The Labute approximate surface area is 197 Å². The first-order chi connectivity index (χ1) is 16.2. The van der Waals surface area contributed by atoms with Crippen molar-refractivity contribution in [1.82, 2.24) is 9.88 Å². The number of nitrogens with zero attached hydrogens (tertiary/aromatic N) is 2. The molecule has 0 saturated heterocycles. The number of furan rings is 1. The molecule has 1 aromatic carbocycles. The lowest BCUT2D eigenvalue weighted by molar-refractivity contribution is 0.0948. The Morgan fingerprint density at radius 1 is 1.24 bits per heavy atom. The van der Waals surface area contributed by atoms with Gasteiger partial charge in [0.1, 0.15) is 10.8 Å². The molecular weight excluding hydrogens is 430 g/mol. The van der Waals surface area contributed by atoms with Crippen LogP contribution in [0, 0.1) is 6.92 Å². The van der Waals surface area contributed by atoms with Gasteiger partial charge >= 0.3 is 0 Å². The molecule has 5 nitrogen and oxygen atoms in total. The second-order valence-electron chi connectivity index (χ2n) is 8.33. The van der Waals surface area contributed by atoms with Gasteiger partial charge in [-0.25, -0.2) is 4.99 Å². The van der Waals surface area contributed by atoms with Gasteiger partial charge in [0.25, 0.3) is 5.91 Å². The van der Waals surface area contributed by atoms with E-state index in [1.165, 1.54) is 16.0 Å². The van der Waals surface area contributed by atoms with E-state index in [4.69, 9.17) is 9.41 Å². The number of hydrogen-bond acceptors (Lipinski definition) is 4. The zero-order chi connectivity index (χ0) is 22.8. The zero-order valence-electron chi connectivity index (χ0n) is 18.8. The van der Waals surface area contributed by atoms with Gasteiger partial charge in [0.2, 0.25) is 0 Å². The number of benzene rings is 1. The number of aromatic nitrogens is 1. The van der Waals surface area contributed by atoms with Crippen LogP contribution in [0.3, 0.4) is 0 Å². The van der Waals surface area contributed by atoms with Crippen molar-refractivity contribution in [2.75, 3.05) is 0 Å². The highest BCUT2D eigenvalue weighted by Gasteiger charge is 2.25. The molecule has 1 N–H and O–H groups in total. The Balaban J connectivity index is 1.52. The maximum Gasteiger partial charge on any atom is 0.255 e. The number of rotatable bonds is 7. The molecule has 168 valence electrons. The Bertz CT molecular complexity index is 1340. The second-order valence-corrected chi connectivity index (χ2v) is 9.41. The van der Waals surface area contributed by atoms with Crippen molar-refractivity contribution in [2.45, 2.75) is 45.7 Å². The highest BCUT2D eigenvalue weighted by Crippen LogP contribution is 2.40. The predicted octanol–water partition coefficient (Wildman–Crippen LogP) is 6.35. The fourth-order valence-electron chi connectivity index (χ4n) is 4.65. The van der Waals surface area contributed by atoms with Gasteiger partial charge in [-0.05, 0) is 56.4 Å². The molecule has 0 spiro atoms. The molecule has 1 aliphatic rings. The Hall–Kier alpha value is -3.38. The number of para-hydroxylation sites is 1. The van der Waals surface area contributed by atoms with E-state index in [9.17, 15) is 4.79 Å². The van der Waals surface area contributed by atoms with E-state index < -0.39 is 0 Å². The molecule has 0 fully saturated rings. The van der Waals surface area contributed by atoms with Crippen LogP contribution in [-0.4, -0.2) is 16.7 Å². The van der Waals surface area contributed by atoms with E-state index in [1.54, 1.807) is 17.6 Å². The van der Waals surface area contributed by atoms with Crippen LogP contribution in [0.5, 0.6) is 0 Å². The van der Waals surface area contributed by atoms with Crippen LogP contribution >= 0.6 is 11.3 Å². The fraction of sp³-hybridized carbons (Fsp3) is 0.259. The number of aryl methyl sites for hydroxylation is 1. The van der Waals surface area contributed by atoms with E-state index >= 15 is 0 Å². The van der Waals surface area contributed by atoms with Gasteiger partial charge in [0.05, 0.1) is 18.4 Å². The van der Waals surface area contributed by atoms with Gasteiger partial charge in [-0.15, -0.1) is 17.9 Å². The van der Waals surface area contributed by atoms with Crippen molar-refractivity contribution in [1.29, 1.82) is 0 Å². The highest BCUT2D eigenvalue weighted by molar-refractivity contribution is 7.16. The molecule has 4 aromatic rings. The van der Waals surface area contributed by atoms with Crippen LogP contribution in [0.15, 0.2) is 64.7 Å². The summed E-state index contributed by atoms with van der Waals surface area (Å²) in [5.41, 5.74) is 5.29. The monoisotopic (exact) mass is 457 g/mol. The topological polar surface area (TPSA) is 59.5 Å². The van der Waals surface area contributed by atoms with Crippen molar-refractivity contribution >= 4 is 39.4 Å². The number of fused-ring (bicyclic) bond motifs is 2. The molecule has 1 aliphatic carbocycles. The largest absolute Gasteiger partial charge is 0.467 e. The summed E-state index contributed by atoms with van der Waals surface area (Å²) in [5.74, 6) is 0.659. The summed E-state index contributed by atoms with van der Waals surface area (Å²) in [7, 11) is 0. The van der Waals surface area contributed by atoms with E-state index in [0.717, 1.165) is 65.2 Å². The average molecular weight is 458 g/mol. The second kappa shape index (κ2) is 9.24. The molecule has 0 radical (unpaired) electrons. The molecule has 33 heavy (non-hydrogen) atoms. The first-order valence-corrected chi connectivity index (χ1v) is 12.2. The zero-order valence-corrected chi connectivity index (χ0v) is 19.6. The first kappa shape index (κ1) is 21.5. The average Bonchev–Trinajstić information content (AvgIpc) is 3.54. The quantitative estimate of drug-likeness (QED) is 0.260. The Kier molecular flexibility index (Phi) is 6.01. The number of thiophene rings is 1. The summed E-state index contributed by atoms with van der Waals surface area (Å²) < 4.78 is 7.62. The minimum Gasteiger partial charge on any atom is -0.467 e. The fourth-order valence-corrected chi connectivity index (χ4v) is 5.88. The van der Waals surface area contributed by atoms with Gasteiger partial charge in [-0.1, -0.05) is 24.3 Å². The van der Waals surface area contributed by atoms with Crippen molar-refractivity contribution in [3.63, 3.8) is 0 Å². The lowest BCUT2D eigenvalue weighted by Crippen LogP contribution is -2.23. The Morgan fingerprint density at radius 2 is 2.09 bits per heavy atom. The van der Waals surface area contributed by atoms with Crippen molar-refractivity contribution in [2.24, 2.45) is 4.99 Å². The van der Waals surface area contributed by atoms with E-state index in [2.05, 4.69) is 47.7 Å². The van der Waals surface area contributed by atoms with Crippen LogP contribution in [-0.2, 0) is 25.9 Å². The van der Waals surface area contributed by atoms with Gasteiger partial charge in [0, 0.05) is 39.8 Å². The Morgan fingerprint density at radius 3 is 2.91 bits per heavy atom. The van der Waals surface area contributed by atoms with Gasteiger partial charge in [0.15, 0.2) is 0 Å². The molecule has 6 heteroatoms. The third-order valence-electron chi connectivity index (χ3n) is 6.29. The third kappa shape index (κ3) is 4.07. The van der Waals surface area contributed by atoms with Crippen LogP contribution in [0.2, 0.25) is 0 Å². The van der Waals surface area contributed by atoms with Gasteiger partial charge in [-0.2, -0.15) is 0 Å². The summed E-state index contributed by atoms with van der Waals surface area (Å²) in [6, 6.07) is 12.0. The number of hydrogen-bond donors (Lipinski definition) is 1. The SMILES string of the molecule is C=CCn1c(C)c(C=Nc2sc3c(c2C(=O)NCc2ccco2)CCCC3)c2ccccc21. The minimum atomic E-state index is -0.0799. The molecule has 3 heterocycles. The van der Waals surface area contributed by atoms with E-state index in [-0.39, 0.29) is 5.91 Å².